The number of hydrogen-bond donors (Lipinski definition) is 1. The predicted molar refractivity (Wildman–Crippen MR) is 49.8 cm³/mol. The van der Waals surface area contributed by atoms with Gasteiger partial charge in [-0.1, -0.05) is 0 Å². The van der Waals surface area contributed by atoms with Crippen molar-refractivity contribution in [2.45, 2.75) is 44.6 Å². The van der Waals surface area contributed by atoms with Crippen molar-refractivity contribution in [3.63, 3.8) is 0 Å². The molecule has 13 heavy (non-hydrogen) atoms. The van der Waals surface area contributed by atoms with Gasteiger partial charge in [0.1, 0.15) is 0 Å². The van der Waals surface area contributed by atoms with E-state index >= 15 is 0 Å². The number of fused-ring (bicyclic) bond motifs is 1. The molecule has 2 nitrogen and oxygen atoms in total. The Balaban J connectivity index is 1.95. The Kier molecular flexibility index (Phi) is 2.55. The summed E-state index contributed by atoms with van der Waals surface area (Å²) in [4.78, 5) is 0. The van der Waals surface area contributed by atoms with Crippen LogP contribution in [0.25, 0.3) is 0 Å². The van der Waals surface area contributed by atoms with Crippen molar-refractivity contribution < 1.29 is 5.11 Å². The lowest BCUT2D eigenvalue weighted by atomic mass is 9.67. The van der Waals surface area contributed by atoms with Crippen molar-refractivity contribution in [1.82, 2.24) is 0 Å². The fourth-order valence-corrected chi connectivity index (χ4v) is 2.98. The van der Waals surface area contributed by atoms with Crippen LogP contribution in [-0.4, -0.2) is 11.2 Å². The molecule has 0 heterocycles. The van der Waals surface area contributed by atoms with Gasteiger partial charge in [0.25, 0.3) is 0 Å². The summed E-state index contributed by atoms with van der Waals surface area (Å²) in [5.41, 5.74) is 0. The SMILES string of the molecule is N#C[C@@H]1CCC2C[C@@H](O)CCC2C1. The zero-order chi connectivity index (χ0) is 9.26. The van der Waals surface area contributed by atoms with E-state index in [1.165, 1.54) is 6.42 Å². The average Bonchev–Trinajstić information content (AvgIpc) is 2.17. The van der Waals surface area contributed by atoms with Gasteiger partial charge >= 0.3 is 0 Å². The third-order valence-corrected chi connectivity index (χ3v) is 3.77. The number of nitrogens with zero attached hydrogens (tertiary/aromatic N) is 1. The molecule has 0 bridgehead atoms. The van der Waals surface area contributed by atoms with Crippen LogP contribution in [0.4, 0.5) is 0 Å². The van der Waals surface area contributed by atoms with Crippen LogP contribution >= 0.6 is 0 Å². The molecule has 0 aromatic carbocycles. The van der Waals surface area contributed by atoms with E-state index < -0.39 is 0 Å². The summed E-state index contributed by atoms with van der Waals surface area (Å²) in [5.74, 6) is 1.76. The van der Waals surface area contributed by atoms with Crippen molar-refractivity contribution in [1.29, 1.82) is 5.26 Å². The molecule has 0 amide bonds. The first-order chi connectivity index (χ1) is 6.29. The molecule has 4 atom stereocenters. The van der Waals surface area contributed by atoms with E-state index in [-0.39, 0.29) is 6.10 Å². The van der Waals surface area contributed by atoms with Crippen LogP contribution in [0.3, 0.4) is 0 Å². The highest BCUT2D eigenvalue weighted by Gasteiger charge is 2.34. The Hall–Kier alpha value is -0.550. The number of aliphatic hydroxyl groups excluding tert-OH is 1. The van der Waals surface area contributed by atoms with Gasteiger partial charge in [0.15, 0.2) is 0 Å². The maximum atomic E-state index is 9.51. The van der Waals surface area contributed by atoms with E-state index in [1.54, 1.807) is 0 Å². The van der Waals surface area contributed by atoms with Crippen LogP contribution < -0.4 is 0 Å². The zero-order valence-electron chi connectivity index (χ0n) is 7.95. The highest BCUT2D eigenvalue weighted by Crippen LogP contribution is 2.42. The minimum atomic E-state index is -0.0557. The van der Waals surface area contributed by atoms with E-state index in [2.05, 4.69) is 6.07 Å². The molecule has 2 fully saturated rings. The second-order valence-corrected chi connectivity index (χ2v) is 4.63. The smallest absolute Gasteiger partial charge is 0.0655 e. The van der Waals surface area contributed by atoms with Crippen molar-refractivity contribution in [3.8, 4) is 6.07 Å². The van der Waals surface area contributed by atoms with Crippen LogP contribution in [-0.2, 0) is 0 Å². The highest BCUT2D eigenvalue weighted by atomic mass is 16.3. The molecule has 0 aromatic heterocycles. The average molecular weight is 179 g/mol. The normalized spacial score (nSPS) is 44.9. The van der Waals surface area contributed by atoms with Gasteiger partial charge < -0.3 is 5.11 Å². The summed E-state index contributed by atoms with van der Waals surface area (Å²) in [7, 11) is 0. The Bertz CT molecular complexity index is 221. The summed E-state index contributed by atoms with van der Waals surface area (Å²) < 4.78 is 0. The molecule has 1 N–H and O–H groups in total. The van der Waals surface area contributed by atoms with E-state index in [4.69, 9.17) is 5.26 Å². The highest BCUT2D eigenvalue weighted by molar-refractivity contribution is 4.93. The maximum Gasteiger partial charge on any atom is 0.0655 e. The zero-order valence-corrected chi connectivity index (χ0v) is 7.95. The van der Waals surface area contributed by atoms with E-state index in [0.29, 0.717) is 11.8 Å². The topological polar surface area (TPSA) is 44.0 Å². The minimum Gasteiger partial charge on any atom is -0.393 e. The monoisotopic (exact) mass is 179 g/mol. The second-order valence-electron chi connectivity index (χ2n) is 4.63. The fourth-order valence-electron chi connectivity index (χ4n) is 2.98. The van der Waals surface area contributed by atoms with E-state index in [0.717, 1.165) is 38.0 Å². The molecule has 2 unspecified atom stereocenters. The third-order valence-electron chi connectivity index (χ3n) is 3.77. The molecular weight excluding hydrogens is 162 g/mol. The fraction of sp³-hybridized carbons (Fsp3) is 0.909. The molecule has 2 saturated carbocycles. The van der Waals surface area contributed by atoms with Gasteiger partial charge in [0.2, 0.25) is 0 Å². The van der Waals surface area contributed by atoms with Gasteiger partial charge in [-0.15, -0.1) is 0 Å². The molecule has 2 aliphatic rings. The summed E-state index contributed by atoms with van der Waals surface area (Å²) >= 11 is 0. The first-order valence-electron chi connectivity index (χ1n) is 5.37. The standard InChI is InChI=1S/C11H17NO/c12-7-8-1-2-10-6-11(13)4-3-9(10)5-8/h8-11,13H,1-6H2/t8-,9?,10?,11+/m1/s1. The third kappa shape index (κ3) is 1.86. The summed E-state index contributed by atoms with van der Waals surface area (Å²) in [6, 6.07) is 2.39. The van der Waals surface area contributed by atoms with Crippen LogP contribution in [0, 0.1) is 29.1 Å². The summed E-state index contributed by atoms with van der Waals surface area (Å²) in [6.45, 7) is 0. The molecule has 72 valence electrons. The van der Waals surface area contributed by atoms with Gasteiger partial charge in [0, 0.05) is 5.92 Å². The Morgan fingerprint density at radius 2 is 1.69 bits per heavy atom. The van der Waals surface area contributed by atoms with Crippen molar-refractivity contribution in [3.05, 3.63) is 0 Å². The first-order valence-corrected chi connectivity index (χ1v) is 5.37. The second kappa shape index (κ2) is 3.67. The van der Waals surface area contributed by atoms with Crippen LogP contribution in [0.15, 0.2) is 0 Å². The number of nitriles is 1. The molecule has 0 radical (unpaired) electrons. The number of rotatable bonds is 0. The summed E-state index contributed by atoms with van der Waals surface area (Å²) in [6.07, 6.45) is 6.35. The Labute approximate surface area is 79.6 Å². The molecule has 2 heteroatoms. The quantitative estimate of drug-likeness (QED) is 0.618. The van der Waals surface area contributed by atoms with Gasteiger partial charge in [-0.25, -0.2) is 0 Å². The first kappa shape index (κ1) is 9.02. The predicted octanol–water partition coefficient (Wildman–Crippen LogP) is 2.09. The molecular formula is C11H17NO. The largest absolute Gasteiger partial charge is 0.393 e. The van der Waals surface area contributed by atoms with Gasteiger partial charge in [-0.05, 0) is 50.4 Å². The van der Waals surface area contributed by atoms with Gasteiger partial charge in [-0.2, -0.15) is 5.26 Å². The van der Waals surface area contributed by atoms with Gasteiger partial charge in [-0.3, -0.25) is 0 Å². The van der Waals surface area contributed by atoms with Crippen molar-refractivity contribution in [2.75, 3.05) is 0 Å². The lowest BCUT2D eigenvalue weighted by Gasteiger charge is -2.39. The summed E-state index contributed by atoms with van der Waals surface area (Å²) in [5, 5.41) is 18.3. The van der Waals surface area contributed by atoms with Crippen molar-refractivity contribution >= 4 is 0 Å². The van der Waals surface area contributed by atoms with Crippen molar-refractivity contribution in [2.24, 2.45) is 17.8 Å². The molecule has 0 saturated heterocycles. The number of hydrogen-bond acceptors (Lipinski definition) is 2. The van der Waals surface area contributed by atoms with Crippen LogP contribution in [0.2, 0.25) is 0 Å². The van der Waals surface area contributed by atoms with Crippen LogP contribution in [0.5, 0.6) is 0 Å². The maximum absolute atomic E-state index is 9.51. The molecule has 2 rings (SSSR count). The Morgan fingerprint density at radius 1 is 1.00 bits per heavy atom. The van der Waals surface area contributed by atoms with E-state index in [1.807, 2.05) is 0 Å². The van der Waals surface area contributed by atoms with Gasteiger partial charge in [0.05, 0.1) is 12.2 Å². The Morgan fingerprint density at radius 3 is 2.46 bits per heavy atom. The molecule has 0 spiro atoms. The van der Waals surface area contributed by atoms with E-state index in [9.17, 15) is 5.11 Å². The molecule has 0 aromatic rings. The number of aliphatic hydroxyl groups is 1. The molecule has 2 aliphatic carbocycles. The lowest BCUT2D eigenvalue weighted by molar-refractivity contribution is 0.0418. The molecule has 0 aliphatic heterocycles. The minimum absolute atomic E-state index is 0.0557. The van der Waals surface area contributed by atoms with Crippen LogP contribution in [0.1, 0.15) is 38.5 Å². The lowest BCUT2D eigenvalue weighted by Crippen LogP contribution is -2.32.